The zero-order valence-corrected chi connectivity index (χ0v) is 18.4. The zero-order chi connectivity index (χ0) is 22.6. The van der Waals surface area contributed by atoms with E-state index >= 15 is 0 Å². The number of benzene rings is 2. The van der Waals surface area contributed by atoms with Gasteiger partial charge in [0.1, 0.15) is 17.7 Å². The summed E-state index contributed by atoms with van der Waals surface area (Å²) in [6.45, 7) is 4.15. The second-order valence-electron chi connectivity index (χ2n) is 6.94. The van der Waals surface area contributed by atoms with Gasteiger partial charge in [-0.2, -0.15) is 4.31 Å². The predicted octanol–water partition coefficient (Wildman–Crippen LogP) is 3.11. The lowest BCUT2D eigenvalue weighted by molar-refractivity contribution is 0.0940. The van der Waals surface area contributed by atoms with Crippen molar-refractivity contribution < 1.29 is 17.6 Å². The van der Waals surface area contributed by atoms with E-state index in [0.717, 1.165) is 0 Å². The molecule has 164 valence electrons. The molecule has 2 aromatic carbocycles. The van der Waals surface area contributed by atoms with E-state index in [0.29, 0.717) is 18.9 Å². The second-order valence-corrected chi connectivity index (χ2v) is 8.88. The van der Waals surface area contributed by atoms with Crippen molar-refractivity contribution in [2.45, 2.75) is 24.8 Å². The van der Waals surface area contributed by atoms with Crippen molar-refractivity contribution >= 4 is 15.9 Å². The van der Waals surface area contributed by atoms with Gasteiger partial charge in [-0.1, -0.05) is 38.1 Å². The first-order valence-electron chi connectivity index (χ1n) is 9.92. The van der Waals surface area contributed by atoms with Gasteiger partial charge in [0.2, 0.25) is 10.0 Å². The first kappa shape index (κ1) is 22.6. The van der Waals surface area contributed by atoms with Gasteiger partial charge >= 0.3 is 0 Å². The van der Waals surface area contributed by atoms with Gasteiger partial charge in [-0.3, -0.25) is 4.79 Å². The molecular formula is C22H25FN4O3S. The Kier molecular flexibility index (Phi) is 6.87. The van der Waals surface area contributed by atoms with Crippen LogP contribution in [0.2, 0.25) is 0 Å². The maximum absolute atomic E-state index is 14.5. The van der Waals surface area contributed by atoms with Crippen molar-refractivity contribution in [1.82, 2.24) is 19.2 Å². The number of nitrogens with zero attached hydrogens (tertiary/aromatic N) is 3. The van der Waals surface area contributed by atoms with Crippen LogP contribution in [0.3, 0.4) is 0 Å². The highest BCUT2D eigenvalue weighted by Crippen LogP contribution is 2.24. The molecule has 1 unspecified atom stereocenters. The number of halogens is 1. The number of carbonyl (C=O) groups excluding carboxylic acids is 1. The number of nitrogens with one attached hydrogen (secondary N) is 1. The van der Waals surface area contributed by atoms with Crippen LogP contribution in [-0.2, 0) is 17.1 Å². The van der Waals surface area contributed by atoms with Crippen molar-refractivity contribution in [3.63, 3.8) is 0 Å². The number of hydrogen-bond donors (Lipinski definition) is 1. The minimum absolute atomic E-state index is 0.0308. The van der Waals surface area contributed by atoms with E-state index in [9.17, 15) is 17.6 Å². The summed E-state index contributed by atoms with van der Waals surface area (Å²) >= 11 is 0. The molecule has 7 nitrogen and oxygen atoms in total. The van der Waals surface area contributed by atoms with Crippen LogP contribution in [0.1, 0.15) is 41.6 Å². The van der Waals surface area contributed by atoms with Crippen LogP contribution in [0.15, 0.2) is 65.8 Å². The average molecular weight is 445 g/mol. The number of aromatic nitrogens is 2. The lowest BCUT2D eigenvalue weighted by atomic mass is 10.0. The monoisotopic (exact) mass is 444 g/mol. The van der Waals surface area contributed by atoms with Crippen molar-refractivity contribution in [2.24, 2.45) is 7.05 Å². The summed E-state index contributed by atoms with van der Waals surface area (Å²) in [5, 5.41) is 2.80. The number of carbonyl (C=O) groups is 1. The summed E-state index contributed by atoms with van der Waals surface area (Å²) in [4.78, 5) is 17.3. The third kappa shape index (κ3) is 4.67. The number of amides is 1. The molecule has 3 rings (SSSR count). The average Bonchev–Trinajstić information content (AvgIpc) is 3.19. The van der Waals surface area contributed by atoms with Crippen molar-refractivity contribution in [3.8, 4) is 0 Å². The minimum atomic E-state index is -3.72. The molecule has 1 N–H and O–H groups in total. The first-order chi connectivity index (χ1) is 14.8. The van der Waals surface area contributed by atoms with Crippen LogP contribution >= 0.6 is 0 Å². The molecule has 1 heterocycles. The molecule has 1 amide bonds. The normalized spacial score (nSPS) is 12.7. The second kappa shape index (κ2) is 9.40. The summed E-state index contributed by atoms with van der Waals surface area (Å²) in [5.41, 5.74) is 0.417. The maximum Gasteiger partial charge on any atom is 0.252 e. The van der Waals surface area contributed by atoms with Gasteiger partial charge in [-0.15, -0.1) is 0 Å². The molecule has 31 heavy (non-hydrogen) atoms. The van der Waals surface area contributed by atoms with Crippen LogP contribution in [-0.4, -0.2) is 41.3 Å². The Balaban J connectivity index is 1.97. The smallest absolute Gasteiger partial charge is 0.252 e. The maximum atomic E-state index is 14.5. The van der Waals surface area contributed by atoms with E-state index in [1.54, 1.807) is 56.1 Å². The standard InChI is InChI=1S/C22H25FN4O3S/c1-4-27(5-2)31(29,30)17-10-8-9-16(15-17)22(28)25-20(21-24-13-14-26(21)3)18-11-6-7-12-19(18)23/h6-15,20H,4-5H2,1-3H3,(H,25,28). The quantitative estimate of drug-likeness (QED) is 0.579. The third-order valence-corrected chi connectivity index (χ3v) is 7.09. The number of aryl methyl sites for hydroxylation is 1. The molecule has 0 saturated carbocycles. The highest BCUT2D eigenvalue weighted by molar-refractivity contribution is 7.89. The van der Waals surface area contributed by atoms with Gasteiger partial charge in [-0.25, -0.2) is 17.8 Å². The van der Waals surface area contributed by atoms with Crippen LogP contribution in [0.5, 0.6) is 0 Å². The van der Waals surface area contributed by atoms with E-state index in [-0.39, 0.29) is 16.0 Å². The Bertz CT molecular complexity index is 1170. The fourth-order valence-corrected chi connectivity index (χ4v) is 4.88. The molecule has 0 aliphatic rings. The lowest BCUT2D eigenvalue weighted by Crippen LogP contribution is -2.32. The van der Waals surface area contributed by atoms with Crippen LogP contribution < -0.4 is 5.32 Å². The molecule has 9 heteroatoms. The van der Waals surface area contributed by atoms with Crippen LogP contribution in [0.25, 0.3) is 0 Å². The number of rotatable bonds is 8. The molecule has 0 bridgehead atoms. The predicted molar refractivity (Wildman–Crippen MR) is 115 cm³/mol. The summed E-state index contributed by atoms with van der Waals surface area (Å²) in [5.74, 6) is -0.563. The van der Waals surface area contributed by atoms with Crippen molar-refractivity contribution in [2.75, 3.05) is 13.1 Å². The van der Waals surface area contributed by atoms with E-state index in [2.05, 4.69) is 10.3 Å². The Morgan fingerprint density at radius 2 is 1.87 bits per heavy atom. The van der Waals surface area contributed by atoms with Gasteiger partial charge in [0.05, 0.1) is 4.90 Å². The summed E-state index contributed by atoms with van der Waals surface area (Å²) < 4.78 is 43.2. The molecule has 1 atom stereocenters. The Morgan fingerprint density at radius 3 is 2.48 bits per heavy atom. The molecule has 0 saturated heterocycles. The molecular weight excluding hydrogens is 419 g/mol. The molecule has 3 aromatic rings. The lowest BCUT2D eigenvalue weighted by Gasteiger charge is -2.21. The Hall–Kier alpha value is -3.04. The Labute approximate surface area is 181 Å². The van der Waals surface area contributed by atoms with Gasteiger partial charge in [-0.05, 0) is 24.3 Å². The third-order valence-electron chi connectivity index (χ3n) is 5.05. The number of hydrogen-bond acceptors (Lipinski definition) is 4. The molecule has 1 aromatic heterocycles. The summed E-state index contributed by atoms with van der Waals surface area (Å²) in [7, 11) is -1.97. The largest absolute Gasteiger partial charge is 0.338 e. The summed E-state index contributed by atoms with van der Waals surface area (Å²) in [6, 6.07) is 11.1. The van der Waals surface area contributed by atoms with Crippen molar-refractivity contribution in [1.29, 1.82) is 0 Å². The molecule has 0 radical (unpaired) electrons. The fraction of sp³-hybridized carbons (Fsp3) is 0.273. The van der Waals surface area contributed by atoms with E-state index in [1.165, 1.54) is 34.6 Å². The minimum Gasteiger partial charge on any atom is -0.338 e. The fourth-order valence-electron chi connectivity index (χ4n) is 3.37. The van der Waals surface area contributed by atoms with Crippen LogP contribution in [0.4, 0.5) is 4.39 Å². The Morgan fingerprint density at radius 1 is 1.16 bits per heavy atom. The molecule has 0 spiro atoms. The van der Waals surface area contributed by atoms with Gasteiger partial charge < -0.3 is 9.88 Å². The summed E-state index contributed by atoms with van der Waals surface area (Å²) in [6.07, 6.45) is 3.26. The molecule has 0 aliphatic heterocycles. The van der Waals surface area contributed by atoms with E-state index < -0.39 is 27.8 Å². The van der Waals surface area contributed by atoms with Gasteiger partial charge in [0, 0.05) is 43.7 Å². The van der Waals surface area contributed by atoms with E-state index in [1.807, 2.05) is 0 Å². The number of sulfonamides is 1. The van der Waals surface area contributed by atoms with Crippen molar-refractivity contribution in [3.05, 3.63) is 83.7 Å². The van der Waals surface area contributed by atoms with Crippen LogP contribution in [0, 0.1) is 5.82 Å². The van der Waals surface area contributed by atoms with Gasteiger partial charge in [0.15, 0.2) is 0 Å². The highest BCUT2D eigenvalue weighted by atomic mass is 32.2. The first-order valence-corrected chi connectivity index (χ1v) is 11.4. The SMILES string of the molecule is CCN(CC)S(=O)(=O)c1cccc(C(=O)NC(c2ccccc2F)c2nccn2C)c1. The molecule has 0 aliphatic carbocycles. The topological polar surface area (TPSA) is 84.3 Å². The zero-order valence-electron chi connectivity index (χ0n) is 17.6. The molecule has 0 fully saturated rings. The van der Waals surface area contributed by atoms with Gasteiger partial charge in [0.25, 0.3) is 5.91 Å². The van der Waals surface area contributed by atoms with E-state index in [4.69, 9.17) is 0 Å². The highest BCUT2D eigenvalue weighted by Gasteiger charge is 2.26. The number of imidazole rings is 1.